The number of rotatable bonds is 1. The lowest BCUT2D eigenvalue weighted by atomic mass is 9.79. The summed E-state index contributed by atoms with van der Waals surface area (Å²) >= 11 is 1.57. The molecular formula is C13H21ClN2OS. The SMILES string of the molecule is Cc1ccc(C(=O)N2CCC(N)C(C)(C)C2)s1.Cl. The largest absolute Gasteiger partial charge is 0.337 e. The van der Waals surface area contributed by atoms with Crippen LogP contribution in [0.15, 0.2) is 12.1 Å². The lowest BCUT2D eigenvalue weighted by molar-refractivity contribution is 0.0537. The van der Waals surface area contributed by atoms with E-state index in [4.69, 9.17) is 5.73 Å². The third-order valence-electron chi connectivity index (χ3n) is 3.55. The van der Waals surface area contributed by atoms with Crippen molar-refractivity contribution in [3.63, 3.8) is 0 Å². The number of halogens is 1. The van der Waals surface area contributed by atoms with E-state index in [-0.39, 0.29) is 29.8 Å². The van der Waals surface area contributed by atoms with E-state index < -0.39 is 0 Å². The maximum atomic E-state index is 12.3. The molecule has 1 aromatic heterocycles. The number of hydrogen-bond acceptors (Lipinski definition) is 3. The van der Waals surface area contributed by atoms with Gasteiger partial charge in [0.25, 0.3) is 5.91 Å². The lowest BCUT2D eigenvalue weighted by Gasteiger charge is -2.42. The molecule has 2 N–H and O–H groups in total. The fourth-order valence-corrected chi connectivity index (χ4v) is 3.09. The minimum absolute atomic E-state index is 0. The summed E-state index contributed by atoms with van der Waals surface area (Å²) in [6, 6.07) is 4.11. The molecular weight excluding hydrogens is 268 g/mol. The molecule has 0 radical (unpaired) electrons. The number of carbonyl (C=O) groups is 1. The van der Waals surface area contributed by atoms with Gasteiger partial charge in [0.15, 0.2) is 0 Å². The zero-order chi connectivity index (χ0) is 12.6. The monoisotopic (exact) mass is 288 g/mol. The topological polar surface area (TPSA) is 46.3 Å². The fourth-order valence-electron chi connectivity index (χ4n) is 2.25. The Hall–Kier alpha value is -0.580. The highest BCUT2D eigenvalue weighted by Crippen LogP contribution is 2.29. The van der Waals surface area contributed by atoms with Crippen LogP contribution in [0.5, 0.6) is 0 Å². The second-order valence-corrected chi connectivity index (χ2v) is 6.81. The molecule has 1 aliphatic heterocycles. The molecule has 1 atom stereocenters. The summed E-state index contributed by atoms with van der Waals surface area (Å²) in [7, 11) is 0. The van der Waals surface area contributed by atoms with Gasteiger partial charge >= 0.3 is 0 Å². The number of piperidine rings is 1. The van der Waals surface area contributed by atoms with Crippen LogP contribution in [0.3, 0.4) is 0 Å². The standard InChI is InChI=1S/C13H20N2OS.ClH/c1-9-4-5-10(17-9)12(16)15-7-6-11(14)13(2,3)8-15;/h4-5,11H,6-8,14H2,1-3H3;1H. The van der Waals surface area contributed by atoms with E-state index in [2.05, 4.69) is 13.8 Å². The molecule has 0 aromatic carbocycles. The van der Waals surface area contributed by atoms with Crippen molar-refractivity contribution in [2.45, 2.75) is 33.2 Å². The first-order chi connectivity index (χ1) is 7.90. The number of nitrogens with two attached hydrogens (primary N) is 1. The Morgan fingerprint density at radius 1 is 1.50 bits per heavy atom. The maximum absolute atomic E-state index is 12.3. The van der Waals surface area contributed by atoms with Crippen molar-refractivity contribution in [1.29, 1.82) is 0 Å². The van der Waals surface area contributed by atoms with Gasteiger partial charge in [0.1, 0.15) is 0 Å². The van der Waals surface area contributed by atoms with Crippen LogP contribution < -0.4 is 5.73 Å². The highest BCUT2D eigenvalue weighted by molar-refractivity contribution is 7.13. The average Bonchev–Trinajstić information content (AvgIpc) is 2.68. The quantitative estimate of drug-likeness (QED) is 0.864. The Balaban J connectivity index is 0.00000162. The van der Waals surface area contributed by atoms with E-state index in [1.54, 1.807) is 11.3 Å². The number of aryl methyl sites for hydroxylation is 1. The molecule has 18 heavy (non-hydrogen) atoms. The third kappa shape index (κ3) is 3.05. The highest BCUT2D eigenvalue weighted by atomic mass is 35.5. The minimum atomic E-state index is 0. The van der Waals surface area contributed by atoms with Gasteiger partial charge in [0.2, 0.25) is 0 Å². The molecule has 0 spiro atoms. The summed E-state index contributed by atoms with van der Waals surface area (Å²) in [6.45, 7) is 7.83. The van der Waals surface area contributed by atoms with E-state index in [1.807, 2.05) is 24.0 Å². The van der Waals surface area contributed by atoms with Crippen LogP contribution in [0.4, 0.5) is 0 Å². The van der Waals surface area contributed by atoms with Gasteiger partial charge in [0, 0.05) is 24.0 Å². The van der Waals surface area contributed by atoms with Crippen LogP contribution in [0, 0.1) is 12.3 Å². The number of likely N-dealkylation sites (tertiary alicyclic amines) is 1. The van der Waals surface area contributed by atoms with Gasteiger partial charge in [-0.05, 0) is 30.9 Å². The fraction of sp³-hybridized carbons (Fsp3) is 0.615. The molecule has 2 heterocycles. The lowest BCUT2D eigenvalue weighted by Crippen LogP contribution is -2.53. The predicted octanol–water partition coefficient (Wildman–Crippen LogP) is 2.68. The molecule has 1 aliphatic rings. The van der Waals surface area contributed by atoms with Gasteiger partial charge in [-0.15, -0.1) is 23.7 Å². The Bertz CT molecular complexity index is 430. The first-order valence-corrected chi connectivity index (χ1v) is 6.83. The van der Waals surface area contributed by atoms with Crippen molar-refractivity contribution in [2.75, 3.05) is 13.1 Å². The van der Waals surface area contributed by atoms with Crippen molar-refractivity contribution in [1.82, 2.24) is 4.90 Å². The normalized spacial score (nSPS) is 22.4. The predicted molar refractivity (Wildman–Crippen MR) is 78.6 cm³/mol. The summed E-state index contributed by atoms with van der Waals surface area (Å²) in [6.07, 6.45) is 0.892. The molecule has 1 unspecified atom stereocenters. The maximum Gasteiger partial charge on any atom is 0.263 e. The van der Waals surface area contributed by atoms with Crippen LogP contribution >= 0.6 is 23.7 Å². The first kappa shape index (κ1) is 15.5. The smallest absolute Gasteiger partial charge is 0.263 e. The Morgan fingerprint density at radius 3 is 2.67 bits per heavy atom. The second-order valence-electron chi connectivity index (χ2n) is 5.52. The molecule has 5 heteroatoms. The van der Waals surface area contributed by atoms with Gasteiger partial charge in [-0.25, -0.2) is 0 Å². The van der Waals surface area contributed by atoms with Crippen LogP contribution in [-0.2, 0) is 0 Å². The minimum Gasteiger partial charge on any atom is -0.337 e. The van der Waals surface area contributed by atoms with E-state index in [1.165, 1.54) is 4.88 Å². The van der Waals surface area contributed by atoms with Gasteiger partial charge in [-0.1, -0.05) is 13.8 Å². The van der Waals surface area contributed by atoms with Crippen LogP contribution in [0.25, 0.3) is 0 Å². The van der Waals surface area contributed by atoms with Gasteiger partial charge in [-0.2, -0.15) is 0 Å². The van der Waals surface area contributed by atoms with Crippen LogP contribution in [0.2, 0.25) is 0 Å². The average molecular weight is 289 g/mol. The zero-order valence-electron chi connectivity index (χ0n) is 11.1. The number of thiophene rings is 1. The Morgan fingerprint density at radius 2 is 2.17 bits per heavy atom. The molecule has 1 amide bonds. The Labute approximate surface area is 119 Å². The van der Waals surface area contributed by atoms with E-state index in [0.717, 1.165) is 24.4 Å². The van der Waals surface area contributed by atoms with Crippen LogP contribution in [-0.4, -0.2) is 29.9 Å². The molecule has 0 bridgehead atoms. The molecule has 0 saturated carbocycles. The molecule has 102 valence electrons. The number of nitrogens with zero attached hydrogens (tertiary/aromatic N) is 1. The van der Waals surface area contributed by atoms with Crippen molar-refractivity contribution >= 4 is 29.7 Å². The summed E-state index contributed by atoms with van der Waals surface area (Å²) in [5.74, 6) is 0.156. The van der Waals surface area contributed by atoms with Gasteiger partial charge < -0.3 is 10.6 Å². The molecule has 1 aromatic rings. The van der Waals surface area contributed by atoms with Crippen molar-refractivity contribution < 1.29 is 4.79 Å². The highest BCUT2D eigenvalue weighted by Gasteiger charge is 2.35. The molecule has 1 fully saturated rings. The number of hydrogen-bond donors (Lipinski definition) is 1. The summed E-state index contributed by atoms with van der Waals surface area (Å²) in [5, 5.41) is 0. The van der Waals surface area contributed by atoms with Gasteiger partial charge in [0.05, 0.1) is 4.88 Å². The van der Waals surface area contributed by atoms with Crippen LogP contribution in [0.1, 0.15) is 34.8 Å². The van der Waals surface area contributed by atoms with E-state index >= 15 is 0 Å². The summed E-state index contributed by atoms with van der Waals surface area (Å²) in [4.78, 5) is 16.3. The zero-order valence-corrected chi connectivity index (χ0v) is 12.7. The van der Waals surface area contributed by atoms with Gasteiger partial charge in [-0.3, -0.25) is 4.79 Å². The van der Waals surface area contributed by atoms with Crippen molar-refractivity contribution in [2.24, 2.45) is 11.1 Å². The second kappa shape index (κ2) is 5.59. The first-order valence-electron chi connectivity index (χ1n) is 6.01. The van der Waals surface area contributed by atoms with E-state index in [0.29, 0.717) is 0 Å². The van der Waals surface area contributed by atoms with Crippen molar-refractivity contribution in [3.8, 4) is 0 Å². The summed E-state index contributed by atoms with van der Waals surface area (Å²) < 4.78 is 0. The molecule has 1 saturated heterocycles. The molecule has 3 nitrogen and oxygen atoms in total. The third-order valence-corrected chi connectivity index (χ3v) is 4.54. The molecule has 2 rings (SSSR count). The number of carbonyl (C=O) groups excluding carboxylic acids is 1. The van der Waals surface area contributed by atoms with E-state index in [9.17, 15) is 4.79 Å². The number of amides is 1. The van der Waals surface area contributed by atoms with Crippen molar-refractivity contribution in [3.05, 3.63) is 21.9 Å². The summed E-state index contributed by atoms with van der Waals surface area (Å²) in [5.41, 5.74) is 6.10. The Kier molecular flexibility index (Phi) is 4.81. The molecule has 0 aliphatic carbocycles.